The summed E-state index contributed by atoms with van der Waals surface area (Å²) in [6, 6.07) is 9.20. The molecule has 0 saturated carbocycles. The van der Waals surface area contributed by atoms with Crippen LogP contribution in [-0.4, -0.2) is 28.0 Å². The highest BCUT2D eigenvalue weighted by molar-refractivity contribution is 7.18. The first-order valence-corrected chi connectivity index (χ1v) is 9.54. The molecule has 0 radical (unpaired) electrons. The van der Waals surface area contributed by atoms with Gasteiger partial charge in [0.2, 0.25) is 5.88 Å². The molecule has 0 atom stereocenters. The summed E-state index contributed by atoms with van der Waals surface area (Å²) in [6.45, 7) is 11.0. The molecular weight excluding hydrogens is 344 g/mol. The Bertz CT molecular complexity index is 953. The van der Waals surface area contributed by atoms with Gasteiger partial charge in [0.25, 0.3) is 0 Å². The Hall–Kier alpha value is -2.49. The van der Waals surface area contributed by atoms with Gasteiger partial charge in [-0.3, -0.25) is 4.90 Å². The zero-order valence-corrected chi connectivity index (χ0v) is 16.4. The molecule has 3 aromatic rings. The number of rotatable bonds is 6. The third-order valence-electron chi connectivity index (χ3n) is 4.50. The molecule has 0 fully saturated rings. The number of aryl methyl sites for hydroxylation is 2. The Morgan fingerprint density at radius 2 is 1.81 bits per heavy atom. The van der Waals surface area contributed by atoms with E-state index in [4.69, 9.17) is 20.0 Å². The van der Waals surface area contributed by atoms with Crippen LogP contribution in [0, 0.1) is 25.2 Å². The van der Waals surface area contributed by atoms with E-state index in [0.29, 0.717) is 23.7 Å². The van der Waals surface area contributed by atoms with E-state index in [2.05, 4.69) is 38.7 Å². The summed E-state index contributed by atoms with van der Waals surface area (Å²) in [6.07, 6.45) is 0. The number of fused-ring (bicyclic) bond motifs is 1. The smallest absolute Gasteiger partial charge is 0.231 e. The number of benzene rings is 1. The molecule has 0 unspecified atom stereocenters. The van der Waals surface area contributed by atoms with Crippen LogP contribution in [0.25, 0.3) is 10.2 Å². The van der Waals surface area contributed by atoms with E-state index in [-0.39, 0.29) is 0 Å². The van der Waals surface area contributed by atoms with E-state index in [1.54, 1.807) is 35.6 Å². The minimum Gasteiger partial charge on any atom is -0.438 e. The van der Waals surface area contributed by atoms with Gasteiger partial charge >= 0.3 is 0 Å². The summed E-state index contributed by atoms with van der Waals surface area (Å²) in [7, 11) is 0. The lowest BCUT2D eigenvalue weighted by Gasteiger charge is -2.17. The SMILES string of the molecule is CCN(CC)Cc1nc(Oc2ccc(C#N)cc2)c2c(C)c(C)sc2n1. The molecule has 1 aromatic carbocycles. The molecule has 0 amide bonds. The fraction of sp³-hybridized carbons (Fsp3) is 0.350. The van der Waals surface area contributed by atoms with Gasteiger partial charge in [-0.2, -0.15) is 10.2 Å². The minimum absolute atomic E-state index is 0.587. The highest BCUT2D eigenvalue weighted by atomic mass is 32.1. The van der Waals surface area contributed by atoms with Crippen molar-refractivity contribution in [3.63, 3.8) is 0 Å². The van der Waals surface area contributed by atoms with Crippen molar-refractivity contribution < 1.29 is 4.74 Å². The van der Waals surface area contributed by atoms with Crippen molar-refractivity contribution in [3.8, 4) is 17.7 Å². The summed E-state index contributed by atoms with van der Waals surface area (Å²) in [5.74, 6) is 2.02. The van der Waals surface area contributed by atoms with Crippen molar-refractivity contribution >= 4 is 21.6 Å². The Labute approximate surface area is 157 Å². The summed E-state index contributed by atoms with van der Waals surface area (Å²) in [5.41, 5.74) is 1.76. The fourth-order valence-electron chi connectivity index (χ4n) is 2.76. The molecule has 0 saturated heterocycles. The molecule has 5 nitrogen and oxygen atoms in total. The third kappa shape index (κ3) is 3.69. The molecule has 0 N–H and O–H groups in total. The van der Waals surface area contributed by atoms with Crippen molar-refractivity contribution in [1.82, 2.24) is 14.9 Å². The molecule has 0 bridgehead atoms. The average Bonchev–Trinajstić information content (AvgIpc) is 2.94. The second-order valence-corrected chi connectivity index (χ2v) is 7.31. The van der Waals surface area contributed by atoms with E-state index >= 15 is 0 Å². The Kier molecular flexibility index (Phi) is 5.50. The second-order valence-electron chi connectivity index (χ2n) is 6.11. The van der Waals surface area contributed by atoms with Gasteiger partial charge in [-0.05, 0) is 56.8 Å². The lowest BCUT2D eigenvalue weighted by atomic mass is 10.2. The van der Waals surface area contributed by atoms with E-state index < -0.39 is 0 Å². The van der Waals surface area contributed by atoms with Crippen LogP contribution >= 0.6 is 11.3 Å². The van der Waals surface area contributed by atoms with Crippen molar-refractivity contribution in [2.24, 2.45) is 0 Å². The molecule has 2 heterocycles. The van der Waals surface area contributed by atoms with Crippen LogP contribution in [0.5, 0.6) is 11.6 Å². The van der Waals surface area contributed by atoms with Crippen molar-refractivity contribution in [1.29, 1.82) is 5.26 Å². The van der Waals surface area contributed by atoms with E-state index in [9.17, 15) is 0 Å². The molecular formula is C20H22N4OS. The number of nitriles is 1. The number of aromatic nitrogens is 2. The van der Waals surface area contributed by atoms with Crippen LogP contribution in [-0.2, 0) is 6.54 Å². The second kappa shape index (κ2) is 7.81. The minimum atomic E-state index is 0.587. The summed E-state index contributed by atoms with van der Waals surface area (Å²) < 4.78 is 6.10. The van der Waals surface area contributed by atoms with Gasteiger partial charge in [-0.25, -0.2) is 4.98 Å². The predicted molar refractivity (Wildman–Crippen MR) is 105 cm³/mol. The molecule has 6 heteroatoms. The van der Waals surface area contributed by atoms with E-state index in [1.165, 1.54) is 4.88 Å². The molecule has 0 aliphatic rings. The van der Waals surface area contributed by atoms with Crippen LogP contribution < -0.4 is 4.74 Å². The van der Waals surface area contributed by atoms with Gasteiger partial charge in [-0.15, -0.1) is 11.3 Å². The highest BCUT2D eigenvalue weighted by Gasteiger charge is 2.17. The van der Waals surface area contributed by atoms with Crippen LogP contribution in [0.3, 0.4) is 0 Å². The maximum atomic E-state index is 8.95. The maximum absolute atomic E-state index is 8.95. The topological polar surface area (TPSA) is 62.0 Å². The highest BCUT2D eigenvalue weighted by Crippen LogP contribution is 2.36. The van der Waals surface area contributed by atoms with Crippen LogP contribution in [0.15, 0.2) is 24.3 Å². The molecule has 134 valence electrons. The monoisotopic (exact) mass is 366 g/mol. The Morgan fingerprint density at radius 1 is 1.12 bits per heavy atom. The molecule has 0 spiro atoms. The van der Waals surface area contributed by atoms with Gasteiger partial charge in [0.05, 0.1) is 23.6 Å². The third-order valence-corrected chi connectivity index (χ3v) is 5.60. The van der Waals surface area contributed by atoms with Crippen molar-refractivity contribution in [3.05, 3.63) is 46.1 Å². The number of nitrogens with zero attached hydrogens (tertiary/aromatic N) is 4. The zero-order valence-electron chi connectivity index (χ0n) is 15.5. The first-order chi connectivity index (χ1) is 12.5. The van der Waals surface area contributed by atoms with Gasteiger partial charge in [-0.1, -0.05) is 13.8 Å². The normalized spacial score (nSPS) is 11.1. The van der Waals surface area contributed by atoms with Crippen LogP contribution in [0.4, 0.5) is 0 Å². The van der Waals surface area contributed by atoms with Crippen molar-refractivity contribution in [2.75, 3.05) is 13.1 Å². The summed E-state index contributed by atoms with van der Waals surface area (Å²) in [5, 5.41) is 9.92. The van der Waals surface area contributed by atoms with Gasteiger partial charge in [0.15, 0.2) is 0 Å². The number of hydrogen-bond acceptors (Lipinski definition) is 6. The molecule has 0 aliphatic heterocycles. The van der Waals surface area contributed by atoms with E-state index in [0.717, 1.165) is 34.7 Å². The first-order valence-electron chi connectivity index (χ1n) is 8.72. The largest absolute Gasteiger partial charge is 0.438 e. The summed E-state index contributed by atoms with van der Waals surface area (Å²) in [4.78, 5) is 13.9. The molecule has 26 heavy (non-hydrogen) atoms. The first kappa shape index (κ1) is 18.3. The number of thiophene rings is 1. The fourth-order valence-corrected chi connectivity index (χ4v) is 3.79. The summed E-state index contributed by atoms with van der Waals surface area (Å²) >= 11 is 1.67. The standard InChI is InChI=1S/C20H22N4OS/c1-5-24(6-2)12-17-22-19(18-13(3)14(4)26-20(18)23-17)25-16-9-7-15(11-21)8-10-16/h7-10H,5-6,12H2,1-4H3. The van der Waals surface area contributed by atoms with E-state index in [1.807, 2.05) is 0 Å². The Balaban J connectivity index is 2.04. The predicted octanol–water partition coefficient (Wildman–Crippen LogP) is 4.81. The molecule has 2 aromatic heterocycles. The lowest BCUT2D eigenvalue weighted by Crippen LogP contribution is -2.23. The van der Waals surface area contributed by atoms with Crippen LogP contribution in [0.2, 0.25) is 0 Å². The Morgan fingerprint density at radius 3 is 2.42 bits per heavy atom. The van der Waals surface area contributed by atoms with Crippen molar-refractivity contribution in [2.45, 2.75) is 34.2 Å². The van der Waals surface area contributed by atoms with Gasteiger partial charge < -0.3 is 4.74 Å². The quantitative estimate of drug-likeness (QED) is 0.626. The lowest BCUT2D eigenvalue weighted by molar-refractivity contribution is 0.287. The molecule has 0 aliphatic carbocycles. The number of hydrogen-bond donors (Lipinski definition) is 0. The average molecular weight is 366 g/mol. The number of ether oxygens (including phenoxy) is 1. The van der Waals surface area contributed by atoms with Crippen LogP contribution in [0.1, 0.15) is 35.7 Å². The molecule has 3 rings (SSSR count). The maximum Gasteiger partial charge on any atom is 0.231 e. The van der Waals surface area contributed by atoms with Gasteiger partial charge in [0.1, 0.15) is 16.4 Å². The van der Waals surface area contributed by atoms with Gasteiger partial charge in [0, 0.05) is 4.88 Å². The zero-order chi connectivity index (χ0) is 18.7.